The second-order valence-corrected chi connectivity index (χ2v) is 11.2. The zero-order valence-corrected chi connectivity index (χ0v) is 24.1. The SMILES string of the molecule is CC[N+](CC)(CC)c1cc(-c2c(-c3ccc(F)cc3)nc3ccc(N4CCC(N5CCCC5)CC4)nn23)ccn1. The number of likely N-dealkylation sites (tertiary alicyclic amines) is 1. The number of nitrogens with zero attached hydrogens (tertiary/aromatic N) is 7. The molecule has 8 heteroatoms. The Morgan fingerprint density at radius 1 is 0.850 bits per heavy atom. The quantitative estimate of drug-likeness (QED) is 0.255. The van der Waals surface area contributed by atoms with E-state index < -0.39 is 0 Å². The molecule has 40 heavy (non-hydrogen) atoms. The van der Waals surface area contributed by atoms with Crippen LogP contribution in [-0.2, 0) is 0 Å². The normalized spacial score (nSPS) is 17.2. The molecule has 210 valence electrons. The largest absolute Gasteiger partial charge is 0.355 e. The minimum atomic E-state index is -0.256. The first kappa shape index (κ1) is 26.8. The Bertz CT molecular complexity index is 1440. The van der Waals surface area contributed by atoms with E-state index in [-0.39, 0.29) is 5.82 Å². The van der Waals surface area contributed by atoms with Crippen LogP contribution in [0.15, 0.2) is 54.7 Å². The van der Waals surface area contributed by atoms with Crippen molar-refractivity contribution in [3.8, 4) is 22.5 Å². The van der Waals surface area contributed by atoms with Crippen LogP contribution in [0.2, 0.25) is 0 Å². The van der Waals surface area contributed by atoms with Gasteiger partial charge in [-0.3, -0.25) is 4.48 Å². The van der Waals surface area contributed by atoms with Gasteiger partial charge in [-0.1, -0.05) is 0 Å². The number of hydrogen-bond donors (Lipinski definition) is 0. The smallest absolute Gasteiger partial charge is 0.228 e. The molecule has 0 amide bonds. The fourth-order valence-corrected chi connectivity index (χ4v) is 6.71. The monoisotopic (exact) mass is 542 g/mol. The maximum absolute atomic E-state index is 13.9. The number of quaternary nitrogens is 1. The van der Waals surface area contributed by atoms with E-state index >= 15 is 0 Å². The summed E-state index contributed by atoms with van der Waals surface area (Å²) in [6.07, 6.45) is 6.93. The van der Waals surface area contributed by atoms with Gasteiger partial charge in [-0.2, -0.15) is 0 Å². The minimum Gasteiger partial charge on any atom is -0.355 e. The fourth-order valence-electron chi connectivity index (χ4n) is 6.71. The number of hydrogen-bond acceptors (Lipinski definition) is 5. The summed E-state index contributed by atoms with van der Waals surface area (Å²) in [5, 5.41) is 5.18. The molecule has 6 rings (SSSR count). The second-order valence-electron chi connectivity index (χ2n) is 11.2. The van der Waals surface area contributed by atoms with Crippen molar-refractivity contribution in [2.24, 2.45) is 0 Å². The van der Waals surface area contributed by atoms with Gasteiger partial charge in [0.05, 0.1) is 25.3 Å². The van der Waals surface area contributed by atoms with Crippen molar-refractivity contribution in [1.29, 1.82) is 0 Å². The first-order valence-electron chi connectivity index (χ1n) is 15.0. The number of aromatic nitrogens is 4. The zero-order chi connectivity index (χ0) is 27.7. The summed E-state index contributed by atoms with van der Waals surface area (Å²) in [6.45, 7) is 14.1. The van der Waals surface area contributed by atoms with Crippen molar-refractivity contribution in [3.63, 3.8) is 0 Å². The molecule has 0 bridgehead atoms. The number of rotatable bonds is 8. The highest BCUT2D eigenvalue weighted by atomic mass is 19.1. The number of halogens is 1. The number of piperidine rings is 1. The van der Waals surface area contributed by atoms with E-state index in [1.54, 1.807) is 12.1 Å². The summed E-state index contributed by atoms with van der Waals surface area (Å²) >= 11 is 0. The van der Waals surface area contributed by atoms with Crippen LogP contribution < -0.4 is 9.38 Å². The topological polar surface area (TPSA) is 49.6 Å². The first-order chi connectivity index (χ1) is 19.5. The number of pyridine rings is 1. The summed E-state index contributed by atoms with van der Waals surface area (Å²) in [6, 6.07) is 15.7. The average molecular weight is 543 g/mol. The summed E-state index contributed by atoms with van der Waals surface area (Å²) in [5.41, 5.74) is 4.39. The van der Waals surface area contributed by atoms with Gasteiger partial charge >= 0.3 is 0 Å². The van der Waals surface area contributed by atoms with Gasteiger partial charge in [0.15, 0.2) is 5.65 Å². The van der Waals surface area contributed by atoms with E-state index in [4.69, 9.17) is 15.1 Å². The molecule has 2 saturated heterocycles. The molecule has 2 aliphatic heterocycles. The molecule has 2 fully saturated rings. The van der Waals surface area contributed by atoms with Gasteiger partial charge in [-0.25, -0.2) is 18.9 Å². The maximum atomic E-state index is 13.9. The summed E-state index contributed by atoms with van der Waals surface area (Å²) < 4.78 is 16.7. The summed E-state index contributed by atoms with van der Waals surface area (Å²) in [7, 11) is 0. The Hall–Kier alpha value is -3.36. The predicted octanol–water partition coefficient (Wildman–Crippen LogP) is 6.03. The fraction of sp³-hybridized carbons (Fsp3) is 0.469. The Kier molecular flexibility index (Phi) is 7.55. The molecule has 0 saturated carbocycles. The van der Waals surface area contributed by atoms with Crippen LogP contribution in [0.4, 0.5) is 16.0 Å². The van der Waals surface area contributed by atoms with Crippen molar-refractivity contribution in [3.05, 3.63) is 60.5 Å². The minimum absolute atomic E-state index is 0.256. The molecule has 0 atom stereocenters. The van der Waals surface area contributed by atoms with Crippen LogP contribution in [0.3, 0.4) is 0 Å². The molecule has 0 N–H and O–H groups in total. The van der Waals surface area contributed by atoms with Gasteiger partial charge in [-0.05, 0) is 102 Å². The van der Waals surface area contributed by atoms with Gasteiger partial charge in [0.1, 0.15) is 17.3 Å². The lowest BCUT2D eigenvalue weighted by atomic mass is 10.0. The van der Waals surface area contributed by atoms with E-state index in [2.05, 4.69) is 48.8 Å². The number of fused-ring (bicyclic) bond motifs is 1. The van der Waals surface area contributed by atoms with Gasteiger partial charge in [-0.15, -0.1) is 5.10 Å². The third kappa shape index (κ3) is 4.88. The van der Waals surface area contributed by atoms with Crippen molar-refractivity contribution in [2.75, 3.05) is 50.7 Å². The van der Waals surface area contributed by atoms with Crippen LogP contribution in [0.25, 0.3) is 28.2 Å². The number of anilines is 1. The summed E-state index contributed by atoms with van der Waals surface area (Å²) in [4.78, 5) is 14.9. The van der Waals surface area contributed by atoms with Crippen LogP contribution in [0.1, 0.15) is 46.5 Å². The predicted molar refractivity (Wildman–Crippen MR) is 161 cm³/mol. The molecule has 5 heterocycles. The van der Waals surface area contributed by atoms with Gasteiger partial charge < -0.3 is 9.80 Å². The molecule has 2 aliphatic rings. The lowest BCUT2D eigenvalue weighted by molar-refractivity contribution is 0.207. The lowest BCUT2D eigenvalue weighted by Crippen LogP contribution is -2.49. The number of imidazole rings is 1. The van der Waals surface area contributed by atoms with Crippen LogP contribution >= 0.6 is 0 Å². The summed E-state index contributed by atoms with van der Waals surface area (Å²) in [5.74, 6) is 1.77. The molecule has 0 radical (unpaired) electrons. The molecule has 0 unspecified atom stereocenters. The third-order valence-corrected chi connectivity index (χ3v) is 9.35. The van der Waals surface area contributed by atoms with Crippen LogP contribution in [0.5, 0.6) is 0 Å². The highest BCUT2D eigenvalue weighted by Crippen LogP contribution is 2.35. The van der Waals surface area contributed by atoms with Crippen molar-refractivity contribution >= 4 is 17.3 Å². The van der Waals surface area contributed by atoms with Gasteiger partial charge in [0, 0.05) is 42.5 Å². The second kappa shape index (κ2) is 11.3. The molecule has 7 nitrogen and oxygen atoms in total. The standard InChI is InChI=1S/C32H41FN7/c1-4-40(5-2,6-3)30-23-25(15-18-34-30)32-31(24-9-11-26(33)12-10-24)35-28-13-14-29(36-39(28)32)38-21-16-27(17-22-38)37-19-7-8-20-37/h9-15,18,23,27H,4-8,16-17,19-22H2,1-3H3/q+1. The van der Waals surface area contributed by atoms with E-state index in [9.17, 15) is 4.39 Å². The van der Waals surface area contributed by atoms with E-state index in [1.807, 2.05) is 16.8 Å². The molecule has 0 spiro atoms. The lowest BCUT2D eigenvalue weighted by Gasteiger charge is -2.37. The first-order valence-corrected chi connectivity index (χ1v) is 15.0. The van der Waals surface area contributed by atoms with Crippen molar-refractivity contribution in [1.82, 2.24) is 29.0 Å². The Balaban J connectivity index is 1.42. The van der Waals surface area contributed by atoms with Crippen molar-refractivity contribution < 1.29 is 4.39 Å². The van der Waals surface area contributed by atoms with E-state index in [0.717, 1.165) is 77.0 Å². The Morgan fingerprint density at radius 2 is 1.55 bits per heavy atom. The third-order valence-electron chi connectivity index (χ3n) is 9.35. The molecule has 4 aromatic rings. The van der Waals surface area contributed by atoms with E-state index in [0.29, 0.717) is 6.04 Å². The van der Waals surface area contributed by atoms with Crippen molar-refractivity contribution in [2.45, 2.75) is 52.5 Å². The highest BCUT2D eigenvalue weighted by Gasteiger charge is 2.29. The average Bonchev–Trinajstić information content (AvgIpc) is 3.68. The number of benzene rings is 1. The Morgan fingerprint density at radius 3 is 2.23 bits per heavy atom. The molecular weight excluding hydrogens is 501 g/mol. The molecule has 1 aromatic carbocycles. The van der Waals surface area contributed by atoms with E-state index in [1.165, 1.54) is 50.9 Å². The van der Waals surface area contributed by atoms with Crippen LogP contribution in [-0.4, -0.2) is 76.3 Å². The maximum Gasteiger partial charge on any atom is 0.228 e. The molecular formula is C32H41FN7+. The molecule has 0 aliphatic carbocycles. The Labute approximate surface area is 236 Å². The van der Waals surface area contributed by atoms with Gasteiger partial charge in [0.25, 0.3) is 0 Å². The van der Waals surface area contributed by atoms with Gasteiger partial charge in [0.2, 0.25) is 5.82 Å². The highest BCUT2D eigenvalue weighted by molar-refractivity contribution is 5.82. The molecule has 3 aromatic heterocycles. The van der Waals surface area contributed by atoms with Crippen LogP contribution in [0, 0.1) is 5.82 Å². The zero-order valence-electron chi connectivity index (χ0n) is 24.1.